The molecule has 0 aliphatic carbocycles. The molecule has 1 aromatic rings. The molecule has 0 saturated heterocycles. The molecule has 0 spiro atoms. The number of hydrogen-bond donors (Lipinski definition) is 2. The maximum atomic E-state index is 12.5. The summed E-state index contributed by atoms with van der Waals surface area (Å²) in [5, 5.41) is 3.59. The van der Waals surface area contributed by atoms with Gasteiger partial charge in [-0.3, -0.25) is 14.1 Å². The average Bonchev–Trinajstić information content (AvgIpc) is 2.54. The minimum Gasteiger partial charge on any atom is -0.417 e. The van der Waals surface area contributed by atoms with Crippen LogP contribution >= 0.6 is 18.2 Å². The second kappa shape index (κ2) is 10.1. The standard InChI is InChI=1S/C14H20N3O5PS/c1-3-9-24-23(20,21-4-2)22-12-7-5-11(6-8-12)10-16-17-14(19)13(15)18/h5-8,10H,3-4,9H2,1-2H3,(H2,15,18)(H,17,19). The molecule has 0 heterocycles. The van der Waals surface area contributed by atoms with Gasteiger partial charge in [0.1, 0.15) is 5.75 Å². The highest BCUT2D eigenvalue weighted by Gasteiger charge is 2.26. The van der Waals surface area contributed by atoms with E-state index in [0.717, 1.165) is 17.8 Å². The van der Waals surface area contributed by atoms with E-state index in [1.54, 1.807) is 31.2 Å². The fourth-order valence-electron chi connectivity index (χ4n) is 1.42. The molecule has 0 aromatic heterocycles. The van der Waals surface area contributed by atoms with Gasteiger partial charge in [-0.05, 0) is 54.6 Å². The summed E-state index contributed by atoms with van der Waals surface area (Å²) in [6, 6.07) is 6.51. The van der Waals surface area contributed by atoms with Gasteiger partial charge in [0.2, 0.25) is 0 Å². The largest absolute Gasteiger partial charge is 0.440 e. The Morgan fingerprint density at radius 2 is 2.00 bits per heavy atom. The van der Waals surface area contributed by atoms with E-state index in [1.807, 2.05) is 12.3 Å². The lowest BCUT2D eigenvalue weighted by molar-refractivity contribution is -0.137. The van der Waals surface area contributed by atoms with Gasteiger partial charge in [0, 0.05) is 5.75 Å². The molecule has 10 heteroatoms. The monoisotopic (exact) mass is 373 g/mol. The fourth-order valence-corrected chi connectivity index (χ4v) is 4.87. The third-order valence-electron chi connectivity index (χ3n) is 2.44. The first-order valence-corrected chi connectivity index (χ1v) is 10.3. The molecule has 0 radical (unpaired) electrons. The summed E-state index contributed by atoms with van der Waals surface area (Å²) in [5.41, 5.74) is 7.39. The Labute approximate surface area is 144 Å². The third-order valence-corrected chi connectivity index (χ3v) is 6.39. The first kappa shape index (κ1) is 20.2. The molecule has 1 rings (SSSR count). The zero-order chi connectivity index (χ0) is 18.0. The van der Waals surface area contributed by atoms with Crippen LogP contribution in [0.4, 0.5) is 0 Å². The maximum Gasteiger partial charge on any atom is 0.440 e. The van der Waals surface area contributed by atoms with Gasteiger partial charge in [0.15, 0.2) is 0 Å². The van der Waals surface area contributed by atoms with Gasteiger partial charge >= 0.3 is 18.6 Å². The smallest absolute Gasteiger partial charge is 0.417 e. The van der Waals surface area contributed by atoms with E-state index in [1.165, 1.54) is 6.21 Å². The molecule has 1 aromatic carbocycles. The van der Waals surface area contributed by atoms with Crippen LogP contribution in [0, 0.1) is 0 Å². The van der Waals surface area contributed by atoms with E-state index >= 15 is 0 Å². The van der Waals surface area contributed by atoms with Crippen molar-refractivity contribution >= 4 is 36.2 Å². The van der Waals surface area contributed by atoms with Crippen LogP contribution in [0.3, 0.4) is 0 Å². The summed E-state index contributed by atoms with van der Waals surface area (Å²) in [4.78, 5) is 21.5. The summed E-state index contributed by atoms with van der Waals surface area (Å²) < 4.78 is 23.3. The lowest BCUT2D eigenvalue weighted by Gasteiger charge is -2.17. The number of hydrogen-bond acceptors (Lipinski definition) is 7. The van der Waals surface area contributed by atoms with Gasteiger partial charge in [-0.25, -0.2) is 9.99 Å². The lowest BCUT2D eigenvalue weighted by Crippen LogP contribution is -2.32. The Morgan fingerprint density at radius 1 is 1.33 bits per heavy atom. The Balaban J connectivity index is 2.69. The van der Waals surface area contributed by atoms with E-state index < -0.39 is 18.6 Å². The fraction of sp³-hybridized carbons (Fsp3) is 0.357. The summed E-state index contributed by atoms with van der Waals surface area (Å²) in [5.74, 6) is -1.06. The van der Waals surface area contributed by atoms with Crippen molar-refractivity contribution in [2.75, 3.05) is 12.4 Å². The zero-order valence-electron chi connectivity index (χ0n) is 13.4. The van der Waals surface area contributed by atoms with Gasteiger partial charge < -0.3 is 10.3 Å². The predicted octanol–water partition coefficient (Wildman–Crippen LogP) is 2.29. The highest BCUT2D eigenvalue weighted by atomic mass is 32.7. The van der Waals surface area contributed by atoms with Crippen LogP contribution < -0.4 is 15.7 Å². The minimum absolute atomic E-state index is 0.290. The van der Waals surface area contributed by atoms with Crippen molar-refractivity contribution in [1.29, 1.82) is 0 Å². The second-order valence-corrected chi connectivity index (χ2v) is 8.54. The van der Waals surface area contributed by atoms with E-state index in [4.69, 9.17) is 14.8 Å². The SMILES string of the molecule is CCCSP(=O)(OCC)Oc1ccc(C=NNC(=O)C(N)=O)cc1. The minimum atomic E-state index is -3.24. The van der Waals surface area contributed by atoms with Crippen LogP contribution in [-0.2, 0) is 18.7 Å². The van der Waals surface area contributed by atoms with E-state index in [0.29, 0.717) is 17.1 Å². The molecule has 1 atom stereocenters. The number of nitrogens with one attached hydrogen (secondary N) is 1. The quantitative estimate of drug-likeness (QED) is 0.297. The average molecular weight is 373 g/mol. The van der Waals surface area contributed by atoms with Crippen LogP contribution in [0.1, 0.15) is 25.8 Å². The molecule has 8 nitrogen and oxygen atoms in total. The molecular formula is C14H20N3O5PS. The zero-order valence-corrected chi connectivity index (χ0v) is 15.1. The summed E-state index contributed by atoms with van der Waals surface area (Å²) in [7, 11) is 0. The first-order valence-electron chi connectivity index (χ1n) is 7.21. The highest BCUT2D eigenvalue weighted by Crippen LogP contribution is 2.60. The number of hydrazone groups is 1. The normalized spacial score (nSPS) is 13.4. The van der Waals surface area contributed by atoms with Gasteiger partial charge in [-0.2, -0.15) is 5.10 Å². The van der Waals surface area contributed by atoms with Crippen molar-refractivity contribution in [3.8, 4) is 5.75 Å². The topological polar surface area (TPSA) is 120 Å². The van der Waals surface area contributed by atoms with Crippen LogP contribution in [0.15, 0.2) is 29.4 Å². The Hall–Kier alpha value is -1.83. The van der Waals surface area contributed by atoms with E-state index in [9.17, 15) is 14.2 Å². The molecular weight excluding hydrogens is 353 g/mol. The van der Waals surface area contributed by atoms with E-state index in [2.05, 4.69) is 5.10 Å². The molecule has 0 saturated carbocycles. The number of amides is 2. The van der Waals surface area contributed by atoms with Crippen molar-refractivity contribution < 1.29 is 23.2 Å². The van der Waals surface area contributed by atoms with Crippen LogP contribution in [0.2, 0.25) is 0 Å². The van der Waals surface area contributed by atoms with Crippen LogP contribution in [-0.4, -0.2) is 30.4 Å². The number of nitrogens with zero attached hydrogens (tertiary/aromatic N) is 1. The molecule has 1 unspecified atom stereocenters. The van der Waals surface area contributed by atoms with Crippen molar-refractivity contribution in [3.05, 3.63) is 29.8 Å². The van der Waals surface area contributed by atoms with Crippen molar-refractivity contribution in [1.82, 2.24) is 5.43 Å². The molecule has 132 valence electrons. The number of nitrogens with two attached hydrogens (primary N) is 1. The molecule has 3 N–H and O–H groups in total. The number of benzene rings is 1. The number of carbonyl (C=O) groups excluding carboxylic acids is 2. The first-order chi connectivity index (χ1) is 11.4. The summed E-state index contributed by atoms with van der Waals surface area (Å²) in [6.45, 7) is 0.779. The van der Waals surface area contributed by atoms with Crippen LogP contribution in [0.5, 0.6) is 5.75 Å². The lowest BCUT2D eigenvalue weighted by atomic mass is 10.2. The highest BCUT2D eigenvalue weighted by molar-refractivity contribution is 8.55. The predicted molar refractivity (Wildman–Crippen MR) is 94.0 cm³/mol. The Morgan fingerprint density at radius 3 is 2.54 bits per heavy atom. The van der Waals surface area contributed by atoms with Crippen molar-refractivity contribution in [2.24, 2.45) is 10.8 Å². The number of carbonyl (C=O) groups is 2. The Kier molecular flexibility index (Phi) is 8.53. The van der Waals surface area contributed by atoms with Crippen molar-refractivity contribution in [3.63, 3.8) is 0 Å². The molecule has 0 aliphatic heterocycles. The summed E-state index contributed by atoms with van der Waals surface area (Å²) >= 11 is 1.16. The van der Waals surface area contributed by atoms with Gasteiger partial charge in [0.05, 0.1) is 12.8 Å². The van der Waals surface area contributed by atoms with Gasteiger partial charge in [0.25, 0.3) is 0 Å². The molecule has 0 aliphatic rings. The van der Waals surface area contributed by atoms with Crippen LogP contribution in [0.25, 0.3) is 0 Å². The molecule has 2 amide bonds. The molecule has 0 fully saturated rings. The molecule has 24 heavy (non-hydrogen) atoms. The summed E-state index contributed by atoms with van der Waals surface area (Å²) in [6.07, 6.45) is 2.19. The van der Waals surface area contributed by atoms with E-state index in [-0.39, 0.29) is 6.61 Å². The Bertz CT molecular complexity index is 636. The third kappa shape index (κ3) is 7.16. The number of primary amides is 1. The van der Waals surface area contributed by atoms with Gasteiger partial charge in [-0.1, -0.05) is 6.92 Å². The van der Waals surface area contributed by atoms with Gasteiger partial charge in [-0.15, -0.1) is 0 Å². The maximum absolute atomic E-state index is 12.5. The second-order valence-electron chi connectivity index (χ2n) is 4.42. The molecule has 0 bridgehead atoms. The number of rotatable bonds is 9. The van der Waals surface area contributed by atoms with Crippen molar-refractivity contribution in [2.45, 2.75) is 20.3 Å².